The SMILES string of the molecule is COC(=O)C1=CSCC1OC. The maximum Gasteiger partial charge on any atom is 0.336 e. The van der Waals surface area contributed by atoms with Crippen LogP contribution in [-0.4, -0.2) is 32.0 Å². The van der Waals surface area contributed by atoms with Crippen molar-refractivity contribution in [2.75, 3.05) is 20.0 Å². The molecule has 0 fully saturated rings. The summed E-state index contributed by atoms with van der Waals surface area (Å²) in [5.41, 5.74) is 0.625. The van der Waals surface area contributed by atoms with Crippen LogP contribution in [0.25, 0.3) is 0 Å². The van der Waals surface area contributed by atoms with Crippen LogP contribution in [0.15, 0.2) is 11.0 Å². The standard InChI is InChI=1S/C7H10O3S/c1-9-6-4-11-3-5(6)7(8)10-2/h3,6H,4H2,1-2H3. The van der Waals surface area contributed by atoms with Gasteiger partial charge in [0.25, 0.3) is 0 Å². The van der Waals surface area contributed by atoms with Crippen LogP contribution in [0.5, 0.6) is 0 Å². The average molecular weight is 174 g/mol. The molecular weight excluding hydrogens is 164 g/mol. The summed E-state index contributed by atoms with van der Waals surface area (Å²) in [5, 5.41) is 1.79. The van der Waals surface area contributed by atoms with Crippen molar-refractivity contribution in [2.45, 2.75) is 6.10 Å². The van der Waals surface area contributed by atoms with E-state index in [4.69, 9.17) is 4.74 Å². The largest absolute Gasteiger partial charge is 0.466 e. The molecule has 0 spiro atoms. The molecule has 0 aromatic heterocycles. The van der Waals surface area contributed by atoms with Crippen LogP contribution in [-0.2, 0) is 14.3 Å². The van der Waals surface area contributed by atoms with Crippen molar-refractivity contribution < 1.29 is 14.3 Å². The molecule has 1 aliphatic rings. The van der Waals surface area contributed by atoms with Gasteiger partial charge in [0.2, 0.25) is 0 Å². The Bertz CT molecular complexity index is 188. The van der Waals surface area contributed by atoms with E-state index in [9.17, 15) is 4.79 Å². The Kier molecular flexibility index (Phi) is 2.96. The lowest BCUT2D eigenvalue weighted by Crippen LogP contribution is -2.19. The lowest BCUT2D eigenvalue weighted by Gasteiger charge is -2.09. The molecule has 0 aromatic carbocycles. The second-order valence-corrected chi connectivity index (χ2v) is 3.02. The Hall–Kier alpha value is -0.480. The van der Waals surface area contributed by atoms with Crippen molar-refractivity contribution >= 4 is 17.7 Å². The monoisotopic (exact) mass is 174 g/mol. The van der Waals surface area contributed by atoms with Crippen LogP contribution < -0.4 is 0 Å². The summed E-state index contributed by atoms with van der Waals surface area (Å²) in [6, 6.07) is 0. The fourth-order valence-electron chi connectivity index (χ4n) is 0.883. The van der Waals surface area contributed by atoms with Crippen LogP contribution >= 0.6 is 11.8 Å². The fraction of sp³-hybridized carbons (Fsp3) is 0.571. The van der Waals surface area contributed by atoms with Gasteiger partial charge in [0.1, 0.15) is 0 Å². The molecule has 1 unspecified atom stereocenters. The molecule has 62 valence electrons. The topological polar surface area (TPSA) is 35.5 Å². The number of rotatable bonds is 2. The molecule has 0 radical (unpaired) electrons. The number of hydrogen-bond acceptors (Lipinski definition) is 4. The highest BCUT2D eigenvalue weighted by atomic mass is 32.2. The highest BCUT2D eigenvalue weighted by Crippen LogP contribution is 2.25. The van der Waals surface area contributed by atoms with E-state index in [1.807, 2.05) is 0 Å². The first-order valence-electron chi connectivity index (χ1n) is 3.22. The van der Waals surface area contributed by atoms with E-state index >= 15 is 0 Å². The van der Waals surface area contributed by atoms with Gasteiger partial charge in [-0.3, -0.25) is 0 Å². The predicted octanol–water partition coefficient (Wildman–Crippen LogP) is 0.805. The Morgan fingerprint density at radius 3 is 3.00 bits per heavy atom. The predicted molar refractivity (Wildman–Crippen MR) is 43.4 cm³/mol. The Morgan fingerprint density at radius 2 is 2.45 bits per heavy atom. The first-order valence-corrected chi connectivity index (χ1v) is 4.27. The number of thioether (sulfide) groups is 1. The third kappa shape index (κ3) is 1.75. The number of esters is 1. The summed E-state index contributed by atoms with van der Waals surface area (Å²) < 4.78 is 9.62. The van der Waals surface area contributed by atoms with Gasteiger partial charge in [-0.1, -0.05) is 0 Å². The molecule has 11 heavy (non-hydrogen) atoms. The van der Waals surface area contributed by atoms with Gasteiger partial charge in [-0.2, -0.15) is 0 Å². The summed E-state index contributed by atoms with van der Waals surface area (Å²) in [7, 11) is 2.96. The molecule has 0 saturated carbocycles. The smallest absolute Gasteiger partial charge is 0.336 e. The fourth-order valence-corrected chi connectivity index (χ4v) is 1.90. The van der Waals surface area contributed by atoms with E-state index in [2.05, 4.69) is 4.74 Å². The quantitative estimate of drug-likeness (QED) is 0.580. The molecule has 3 nitrogen and oxygen atoms in total. The van der Waals surface area contributed by atoms with Gasteiger partial charge in [-0.05, 0) is 5.41 Å². The summed E-state index contributed by atoms with van der Waals surface area (Å²) in [6.45, 7) is 0. The third-order valence-corrected chi connectivity index (χ3v) is 2.43. The zero-order valence-electron chi connectivity index (χ0n) is 6.49. The number of methoxy groups -OCH3 is 2. The minimum Gasteiger partial charge on any atom is -0.466 e. The Balaban J connectivity index is 2.62. The van der Waals surface area contributed by atoms with E-state index in [0.717, 1.165) is 5.75 Å². The minimum absolute atomic E-state index is 0.0903. The molecule has 0 N–H and O–H groups in total. The van der Waals surface area contributed by atoms with Crippen molar-refractivity contribution in [3.05, 3.63) is 11.0 Å². The molecule has 1 heterocycles. The molecule has 1 aliphatic heterocycles. The van der Waals surface area contributed by atoms with E-state index in [1.54, 1.807) is 24.3 Å². The van der Waals surface area contributed by atoms with Crippen LogP contribution in [0.4, 0.5) is 0 Å². The average Bonchev–Trinajstić information content (AvgIpc) is 2.50. The molecule has 1 rings (SSSR count). The zero-order chi connectivity index (χ0) is 8.27. The highest BCUT2D eigenvalue weighted by molar-refractivity contribution is 8.02. The number of hydrogen-bond donors (Lipinski definition) is 0. The van der Waals surface area contributed by atoms with Gasteiger partial charge in [-0.15, -0.1) is 11.8 Å². The first kappa shape index (κ1) is 8.62. The van der Waals surface area contributed by atoms with Gasteiger partial charge in [0, 0.05) is 12.9 Å². The van der Waals surface area contributed by atoms with E-state index in [-0.39, 0.29) is 12.1 Å². The first-order chi connectivity index (χ1) is 5.29. The van der Waals surface area contributed by atoms with Crippen molar-refractivity contribution in [1.29, 1.82) is 0 Å². The highest BCUT2D eigenvalue weighted by Gasteiger charge is 2.25. The Morgan fingerprint density at radius 1 is 1.73 bits per heavy atom. The van der Waals surface area contributed by atoms with Crippen LogP contribution in [0.1, 0.15) is 0 Å². The summed E-state index contributed by atoms with van der Waals surface area (Å²) in [5.74, 6) is 0.517. The maximum atomic E-state index is 11.0. The van der Waals surface area contributed by atoms with E-state index in [0.29, 0.717) is 5.57 Å². The molecule has 0 saturated heterocycles. The van der Waals surface area contributed by atoms with Crippen molar-refractivity contribution in [2.24, 2.45) is 0 Å². The Labute approximate surface area is 69.7 Å². The normalized spacial score (nSPS) is 23.1. The summed E-state index contributed by atoms with van der Waals surface area (Å²) in [6.07, 6.45) is -0.0903. The van der Waals surface area contributed by atoms with Crippen LogP contribution in [0.2, 0.25) is 0 Å². The third-order valence-electron chi connectivity index (χ3n) is 1.51. The number of carbonyl (C=O) groups is 1. The number of ether oxygens (including phenoxy) is 2. The van der Waals surface area contributed by atoms with Crippen molar-refractivity contribution in [3.63, 3.8) is 0 Å². The lowest BCUT2D eigenvalue weighted by molar-refractivity contribution is -0.137. The summed E-state index contributed by atoms with van der Waals surface area (Å²) >= 11 is 1.57. The minimum atomic E-state index is -0.290. The molecule has 1 atom stereocenters. The van der Waals surface area contributed by atoms with Gasteiger partial charge < -0.3 is 9.47 Å². The van der Waals surface area contributed by atoms with Gasteiger partial charge in [0.15, 0.2) is 0 Å². The molecule has 4 heteroatoms. The molecule has 0 aromatic rings. The van der Waals surface area contributed by atoms with Gasteiger partial charge >= 0.3 is 5.97 Å². The van der Waals surface area contributed by atoms with Crippen molar-refractivity contribution in [1.82, 2.24) is 0 Å². The maximum absolute atomic E-state index is 11.0. The molecule has 0 bridgehead atoms. The molecule has 0 amide bonds. The number of carbonyl (C=O) groups excluding carboxylic acids is 1. The van der Waals surface area contributed by atoms with E-state index < -0.39 is 0 Å². The zero-order valence-corrected chi connectivity index (χ0v) is 7.31. The second kappa shape index (κ2) is 3.78. The van der Waals surface area contributed by atoms with Gasteiger partial charge in [0.05, 0.1) is 18.8 Å². The molecular formula is C7H10O3S. The lowest BCUT2D eigenvalue weighted by atomic mass is 10.2. The molecule has 0 aliphatic carbocycles. The van der Waals surface area contributed by atoms with E-state index in [1.165, 1.54) is 7.11 Å². The van der Waals surface area contributed by atoms with Crippen LogP contribution in [0, 0.1) is 0 Å². The second-order valence-electron chi connectivity index (χ2n) is 2.12. The van der Waals surface area contributed by atoms with Crippen LogP contribution in [0.3, 0.4) is 0 Å². The van der Waals surface area contributed by atoms with Gasteiger partial charge in [-0.25, -0.2) is 4.79 Å². The summed E-state index contributed by atoms with van der Waals surface area (Å²) in [4.78, 5) is 11.0. The van der Waals surface area contributed by atoms with Crippen molar-refractivity contribution in [3.8, 4) is 0 Å².